The third kappa shape index (κ3) is 2.07. The zero-order chi connectivity index (χ0) is 11.0. The fourth-order valence-electron chi connectivity index (χ4n) is 1.74. The van der Waals surface area contributed by atoms with E-state index in [-0.39, 0.29) is 5.82 Å². The average Bonchev–Trinajstić information content (AvgIpc) is 2.49. The monoisotopic (exact) mass is 269 g/mol. The number of nitrogens with zero attached hydrogens (tertiary/aromatic N) is 1. The van der Waals surface area contributed by atoms with Gasteiger partial charge in [0.2, 0.25) is 0 Å². The molecule has 80 valence electrons. The quantitative estimate of drug-likeness (QED) is 0.770. The Hall–Kier alpha value is -0.830. The van der Waals surface area contributed by atoms with E-state index in [9.17, 15) is 4.39 Å². The van der Waals surface area contributed by atoms with E-state index in [2.05, 4.69) is 34.3 Å². The van der Waals surface area contributed by atoms with Gasteiger partial charge in [0.05, 0.1) is 4.47 Å². The van der Waals surface area contributed by atoms with Crippen molar-refractivity contribution in [3.05, 3.63) is 34.7 Å². The first-order chi connectivity index (χ1) is 7.08. The molecule has 0 N–H and O–H groups in total. The summed E-state index contributed by atoms with van der Waals surface area (Å²) in [5.41, 5.74) is 1.08. The van der Waals surface area contributed by atoms with E-state index in [1.807, 2.05) is 18.3 Å². The number of halogens is 2. The van der Waals surface area contributed by atoms with Crippen LogP contribution in [0.3, 0.4) is 0 Å². The number of hydrogen-bond donors (Lipinski definition) is 0. The summed E-state index contributed by atoms with van der Waals surface area (Å²) in [6, 6.07) is 5.36. The highest BCUT2D eigenvalue weighted by atomic mass is 79.9. The molecule has 15 heavy (non-hydrogen) atoms. The van der Waals surface area contributed by atoms with Crippen LogP contribution in [0.5, 0.6) is 0 Å². The van der Waals surface area contributed by atoms with Crippen molar-refractivity contribution < 1.29 is 4.39 Å². The van der Waals surface area contributed by atoms with Crippen molar-refractivity contribution in [3.63, 3.8) is 0 Å². The predicted octanol–water partition coefficient (Wildman–Crippen LogP) is 4.20. The van der Waals surface area contributed by atoms with Gasteiger partial charge in [-0.15, -0.1) is 0 Å². The van der Waals surface area contributed by atoms with Crippen LogP contribution in [0.15, 0.2) is 28.9 Å². The maximum atomic E-state index is 13.3. The summed E-state index contributed by atoms with van der Waals surface area (Å²) in [6.07, 6.45) is 2.01. The Kier molecular flexibility index (Phi) is 2.83. The van der Waals surface area contributed by atoms with Gasteiger partial charge >= 0.3 is 0 Å². The molecule has 1 nitrogen and oxygen atoms in total. The van der Waals surface area contributed by atoms with Crippen LogP contribution >= 0.6 is 15.9 Å². The van der Waals surface area contributed by atoms with Gasteiger partial charge < -0.3 is 4.57 Å². The molecular weight excluding hydrogens is 257 g/mol. The van der Waals surface area contributed by atoms with Gasteiger partial charge in [-0.05, 0) is 40.0 Å². The summed E-state index contributed by atoms with van der Waals surface area (Å²) in [4.78, 5) is 0. The summed E-state index contributed by atoms with van der Waals surface area (Å²) in [7, 11) is 0. The van der Waals surface area contributed by atoms with Crippen molar-refractivity contribution >= 4 is 26.8 Å². The van der Waals surface area contributed by atoms with Gasteiger partial charge in [-0.1, -0.05) is 13.8 Å². The minimum atomic E-state index is -0.204. The van der Waals surface area contributed by atoms with Crippen molar-refractivity contribution in [1.82, 2.24) is 4.57 Å². The van der Waals surface area contributed by atoms with Crippen molar-refractivity contribution in [3.8, 4) is 0 Å². The van der Waals surface area contributed by atoms with E-state index >= 15 is 0 Å². The molecule has 0 unspecified atom stereocenters. The van der Waals surface area contributed by atoms with E-state index in [1.54, 1.807) is 6.07 Å². The van der Waals surface area contributed by atoms with Crippen molar-refractivity contribution in [1.29, 1.82) is 0 Å². The molecule has 0 fully saturated rings. The summed E-state index contributed by atoms with van der Waals surface area (Å²) >= 11 is 3.21. The number of aromatic nitrogens is 1. The second-order valence-electron chi connectivity index (χ2n) is 4.19. The Morgan fingerprint density at radius 1 is 1.40 bits per heavy atom. The lowest BCUT2D eigenvalue weighted by atomic mass is 10.2. The highest BCUT2D eigenvalue weighted by Gasteiger charge is 2.06. The Labute approximate surface area is 97.0 Å². The summed E-state index contributed by atoms with van der Waals surface area (Å²) in [6.45, 7) is 5.30. The topological polar surface area (TPSA) is 4.93 Å². The van der Waals surface area contributed by atoms with Crippen LogP contribution in [0, 0.1) is 11.7 Å². The molecule has 3 heteroatoms. The van der Waals surface area contributed by atoms with Crippen LogP contribution in [0.1, 0.15) is 13.8 Å². The maximum absolute atomic E-state index is 13.3. The summed E-state index contributed by atoms with van der Waals surface area (Å²) < 4.78 is 15.9. The largest absolute Gasteiger partial charge is 0.347 e. The first kappa shape index (κ1) is 10.7. The molecular formula is C12H13BrFN. The van der Waals surface area contributed by atoms with Crippen molar-refractivity contribution in [2.75, 3.05) is 0 Å². The first-order valence-corrected chi connectivity index (χ1v) is 5.81. The molecule has 0 atom stereocenters. The zero-order valence-corrected chi connectivity index (χ0v) is 10.4. The lowest BCUT2D eigenvalue weighted by Gasteiger charge is -2.08. The molecule has 0 saturated heterocycles. The molecule has 0 aliphatic carbocycles. The Morgan fingerprint density at radius 2 is 2.13 bits per heavy atom. The second kappa shape index (κ2) is 3.97. The molecule has 0 saturated carbocycles. The van der Waals surface area contributed by atoms with Crippen LogP contribution in [0.4, 0.5) is 4.39 Å². The highest BCUT2D eigenvalue weighted by Crippen LogP contribution is 2.24. The van der Waals surface area contributed by atoms with Gasteiger partial charge in [-0.3, -0.25) is 0 Å². The van der Waals surface area contributed by atoms with Crippen molar-refractivity contribution in [2.45, 2.75) is 20.4 Å². The summed E-state index contributed by atoms with van der Waals surface area (Å²) in [5.74, 6) is 0.384. The Bertz CT molecular complexity index is 488. The lowest BCUT2D eigenvalue weighted by Crippen LogP contribution is -2.02. The van der Waals surface area contributed by atoms with Crippen LogP contribution < -0.4 is 0 Å². The van der Waals surface area contributed by atoms with E-state index in [0.717, 1.165) is 17.4 Å². The number of benzene rings is 1. The fourth-order valence-corrected chi connectivity index (χ4v) is 2.07. The Balaban J connectivity index is 2.54. The number of hydrogen-bond acceptors (Lipinski definition) is 0. The van der Waals surface area contributed by atoms with Gasteiger partial charge in [0.1, 0.15) is 5.82 Å². The Morgan fingerprint density at radius 3 is 2.80 bits per heavy atom. The third-order valence-electron chi connectivity index (χ3n) is 2.37. The van der Waals surface area contributed by atoms with Gasteiger partial charge in [0.25, 0.3) is 0 Å². The second-order valence-corrected chi connectivity index (χ2v) is 5.04. The minimum absolute atomic E-state index is 0.204. The van der Waals surface area contributed by atoms with Crippen LogP contribution in [0.2, 0.25) is 0 Å². The molecule has 1 aromatic carbocycles. The van der Waals surface area contributed by atoms with Crippen LogP contribution in [0.25, 0.3) is 10.9 Å². The molecule has 1 aromatic heterocycles. The highest BCUT2D eigenvalue weighted by molar-refractivity contribution is 9.10. The van der Waals surface area contributed by atoms with E-state index in [1.165, 1.54) is 0 Å². The molecule has 0 aliphatic heterocycles. The third-order valence-corrected chi connectivity index (χ3v) is 2.98. The molecule has 0 bridgehead atoms. The van der Waals surface area contributed by atoms with Gasteiger partial charge in [0, 0.05) is 23.6 Å². The van der Waals surface area contributed by atoms with Crippen molar-refractivity contribution in [2.24, 2.45) is 5.92 Å². The normalized spacial score (nSPS) is 11.5. The lowest BCUT2D eigenvalue weighted by molar-refractivity contribution is 0.535. The van der Waals surface area contributed by atoms with E-state index in [0.29, 0.717) is 10.4 Å². The van der Waals surface area contributed by atoms with Crippen LogP contribution in [-0.2, 0) is 6.54 Å². The molecule has 2 aromatic rings. The van der Waals surface area contributed by atoms with Gasteiger partial charge in [0.15, 0.2) is 0 Å². The van der Waals surface area contributed by atoms with Gasteiger partial charge in [-0.25, -0.2) is 4.39 Å². The number of fused-ring (bicyclic) bond motifs is 1. The minimum Gasteiger partial charge on any atom is -0.347 e. The van der Waals surface area contributed by atoms with Gasteiger partial charge in [-0.2, -0.15) is 0 Å². The molecule has 0 spiro atoms. The SMILES string of the molecule is CC(C)Cn1ccc2cc(F)c(Br)cc21. The molecule has 0 aliphatic rings. The molecule has 1 heterocycles. The zero-order valence-electron chi connectivity index (χ0n) is 8.80. The van der Waals surface area contributed by atoms with Crippen LogP contribution in [-0.4, -0.2) is 4.57 Å². The fraction of sp³-hybridized carbons (Fsp3) is 0.333. The molecule has 0 amide bonds. The molecule has 2 rings (SSSR count). The summed E-state index contributed by atoms with van der Waals surface area (Å²) in [5, 5.41) is 0.955. The maximum Gasteiger partial charge on any atom is 0.138 e. The number of rotatable bonds is 2. The predicted molar refractivity (Wildman–Crippen MR) is 64.4 cm³/mol. The molecule has 0 radical (unpaired) electrons. The van der Waals surface area contributed by atoms with E-state index in [4.69, 9.17) is 0 Å². The van der Waals surface area contributed by atoms with E-state index < -0.39 is 0 Å². The average molecular weight is 270 g/mol. The first-order valence-electron chi connectivity index (χ1n) is 5.02. The standard InChI is InChI=1S/C12H13BrFN/c1-8(2)7-15-4-3-9-5-11(14)10(13)6-12(9)15/h3-6,8H,7H2,1-2H3. The smallest absolute Gasteiger partial charge is 0.138 e.